The van der Waals surface area contributed by atoms with Crippen molar-refractivity contribution < 1.29 is 9.53 Å². The van der Waals surface area contributed by atoms with Crippen LogP contribution in [0.15, 0.2) is 23.2 Å². The molecule has 0 atom stereocenters. The number of carbonyl (C=O) groups excluding carboxylic acids is 1. The number of methoxy groups -OCH3 is 1. The molecule has 1 aromatic carbocycles. The molecule has 0 bridgehead atoms. The van der Waals surface area contributed by atoms with Crippen molar-refractivity contribution in [2.45, 2.75) is 32.4 Å². The number of likely N-dealkylation sites (N-methyl/N-ethyl adjacent to an activating group) is 1. The standard InChI is InChI=1S/C20H32ClN5O2/c1-5-22-20(23-13-15-6-7-16(21)12-18(15)28-4)24-17-8-10-26(11-9-17)14-19(27)25(2)3/h6-7,12,17H,5,8-11,13-14H2,1-4H3,(H2,22,23,24). The molecule has 0 aromatic heterocycles. The van der Waals surface area contributed by atoms with Crippen molar-refractivity contribution in [3.8, 4) is 5.75 Å². The van der Waals surface area contributed by atoms with E-state index >= 15 is 0 Å². The van der Waals surface area contributed by atoms with Gasteiger partial charge in [0.05, 0.1) is 20.2 Å². The minimum atomic E-state index is 0.151. The monoisotopic (exact) mass is 409 g/mol. The molecule has 0 unspecified atom stereocenters. The minimum absolute atomic E-state index is 0.151. The summed E-state index contributed by atoms with van der Waals surface area (Å²) in [5.74, 6) is 1.69. The number of piperidine rings is 1. The van der Waals surface area contributed by atoms with Crippen molar-refractivity contribution in [2.75, 3.05) is 47.4 Å². The second kappa shape index (κ2) is 11.1. The van der Waals surface area contributed by atoms with Gasteiger partial charge in [0.1, 0.15) is 5.75 Å². The van der Waals surface area contributed by atoms with E-state index in [1.165, 1.54) is 0 Å². The van der Waals surface area contributed by atoms with Crippen LogP contribution in [0.5, 0.6) is 5.75 Å². The van der Waals surface area contributed by atoms with Crippen molar-refractivity contribution in [3.63, 3.8) is 0 Å². The third kappa shape index (κ3) is 6.87. The van der Waals surface area contributed by atoms with E-state index in [1.807, 2.05) is 12.1 Å². The Labute approximate surface area is 173 Å². The number of aliphatic imine (C=N–C) groups is 1. The summed E-state index contributed by atoms with van der Waals surface area (Å²) in [6, 6.07) is 5.93. The lowest BCUT2D eigenvalue weighted by atomic mass is 10.1. The van der Waals surface area contributed by atoms with Gasteiger partial charge >= 0.3 is 0 Å². The Morgan fingerprint density at radius 3 is 2.68 bits per heavy atom. The molecular weight excluding hydrogens is 378 g/mol. The van der Waals surface area contributed by atoms with Gasteiger partial charge in [0.2, 0.25) is 5.91 Å². The molecule has 1 saturated heterocycles. The number of benzene rings is 1. The zero-order valence-electron chi connectivity index (χ0n) is 17.3. The van der Waals surface area contributed by atoms with Crippen LogP contribution in [0.1, 0.15) is 25.3 Å². The number of carbonyl (C=O) groups is 1. The second-order valence-corrected chi connectivity index (χ2v) is 7.57. The van der Waals surface area contributed by atoms with Gasteiger partial charge in [0.15, 0.2) is 5.96 Å². The normalized spacial score (nSPS) is 16.0. The minimum Gasteiger partial charge on any atom is -0.496 e. The molecule has 1 aliphatic rings. The first-order valence-electron chi connectivity index (χ1n) is 9.72. The quantitative estimate of drug-likeness (QED) is 0.532. The second-order valence-electron chi connectivity index (χ2n) is 7.13. The van der Waals surface area contributed by atoms with Crippen LogP contribution in [0.3, 0.4) is 0 Å². The summed E-state index contributed by atoms with van der Waals surface area (Å²) in [7, 11) is 5.23. The van der Waals surface area contributed by atoms with E-state index in [2.05, 4.69) is 22.5 Å². The Kier molecular flexibility index (Phi) is 8.86. The molecule has 8 heteroatoms. The van der Waals surface area contributed by atoms with Crippen LogP contribution in [0.2, 0.25) is 5.02 Å². The van der Waals surface area contributed by atoms with Gasteiger partial charge in [0, 0.05) is 50.4 Å². The van der Waals surface area contributed by atoms with Gasteiger partial charge in [-0.3, -0.25) is 9.69 Å². The lowest BCUT2D eigenvalue weighted by Gasteiger charge is -2.33. The number of halogens is 1. The fourth-order valence-corrected chi connectivity index (χ4v) is 3.26. The summed E-state index contributed by atoms with van der Waals surface area (Å²) in [6.45, 7) is 5.65. The summed E-state index contributed by atoms with van der Waals surface area (Å²) in [5, 5.41) is 7.47. The van der Waals surface area contributed by atoms with E-state index in [-0.39, 0.29) is 5.91 Å². The maximum atomic E-state index is 11.9. The average Bonchev–Trinajstić information content (AvgIpc) is 2.68. The van der Waals surface area contributed by atoms with Crippen molar-refractivity contribution in [1.29, 1.82) is 0 Å². The molecule has 0 aliphatic carbocycles. The highest BCUT2D eigenvalue weighted by atomic mass is 35.5. The van der Waals surface area contributed by atoms with E-state index in [0.717, 1.165) is 49.7 Å². The Balaban J connectivity index is 1.91. The molecule has 1 amide bonds. The Morgan fingerprint density at radius 1 is 1.36 bits per heavy atom. The highest BCUT2D eigenvalue weighted by molar-refractivity contribution is 6.30. The first kappa shape index (κ1) is 22.3. The molecule has 2 N–H and O–H groups in total. The summed E-state index contributed by atoms with van der Waals surface area (Å²) in [4.78, 5) is 20.4. The SMILES string of the molecule is CCNC(=NCc1ccc(Cl)cc1OC)NC1CCN(CC(=O)N(C)C)CC1. The van der Waals surface area contributed by atoms with Crippen LogP contribution in [-0.2, 0) is 11.3 Å². The Hall–Kier alpha value is -1.99. The zero-order valence-corrected chi connectivity index (χ0v) is 18.1. The van der Waals surface area contributed by atoms with Gasteiger partial charge < -0.3 is 20.3 Å². The predicted octanol–water partition coefficient (Wildman–Crippen LogP) is 1.96. The zero-order chi connectivity index (χ0) is 20.5. The largest absolute Gasteiger partial charge is 0.496 e. The number of amides is 1. The van der Waals surface area contributed by atoms with Crippen LogP contribution >= 0.6 is 11.6 Å². The highest BCUT2D eigenvalue weighted by Crippen LogP contribution is 2.23. The molecular formula is C20H32ClN5O2. The summed E-state index contributed by atoms with van der Waals surface area (Å²) in [5.41, 5.74) is 0.987. The predicted molar refractivity (Wildman–Crippen MR) is 114 cm³/mol. The van der Waals surface area contributed by atoms with Gasteiger partial charge in [-0.05, 0) is 31.9 Å². The molecule has 1 aliphatic heterocycles. The molecule has 2 rings (SSSR count). The first-order valence-corrected chi connectivity index (χ1v) is 10.1. The van der Waals surface area contributed by atoms with Crippen molar-refractivity contribution in [3.05, 3.63) is 28.8 Å². The Bertz CT molecular complexity index is 673. The van der Waals surface area contributed by atoms with Crippen molar-refractivity contribution in [1.82, 2.24) is 20.4 Å². The average molecular weight is 410 g/mol. The van der Waals surface area contributed by atoms with Gasteiger partial charge in [-0.25, -0.2) is 4.99 Å². The maximum Gasteiger partial charge on any atom is 0.236 e. The molecule has 1 fully saturated rings. The lowest BCUT2D eigenvalue weighted by Crippen LogP contribution is -2.50. The molecule has 0 radical (unpaired) electrons. The number of likely N-dealkylation sites (tertiary alicyclic amines) is 1. The maximum absolute atomic E-state index is 11.9. The van der Waals surface area contributed by atoms with E-state index in [9.17, 15) is 4.79 Å². The summed E-state index contributed by atoms with van der Waals surface area (Å²) >= 11 is 6.03. The van der Waals surface area contributed by atoms with Crippen LogP contribution in [0.25, 0.3) is 0 Å². The van der Waals surface area contributed by atoms with E-state index in [4.69, 9.17) is 21.3 Å². The number of hydrogen-bond donors (Lipinski definition) is 2. The van der Waals surface area contributed by atoms with Crippen LogP contribution < -0.4 is 15.4 Å². The number of hydrogen-bond acceptors (Lipinski definition) is 4. The summed E-state index contributed by atoms with van der Waals surface area (Å²) < 4.78 is 5.40. The third-order valence-electron chi connectivity index (χ3n) is 4.79. The van der Waals surface area contributed by atoms with Crippen LogP contribution in [0.4, 0.5) is 0 Å². The smallest absolute Gasteiger partial charge is 0.236 e. The molecule has 1 aromatic rings. The number of nitrogens with zero attached hydrogens (tertiary/aromatic N) is 3. The van der Waals surface area contributed by atoms with Crippen LogP contribution in [0, 0.1) is 0 Å². The number of rotatable bonds is 7. The topological polar surface area (TPSA) is 69.2 Å². The molecule has 7 nitrogen and oxygen atoms in total. The highest BCUT2D eigenvalue weighted by Gasteiger charge is 2.22. The number of nitrogens with one attached hydrogen (secondary N) is 2. The van der Waals surface area contributed by atoms with E-state index in [0.29, 0.717) is 24.2 Å². The van der Waals surface area contributed by atoms with E-state index in [1.54, 1.807) is 32.2 Å². The fraction of sp³-hybridized carbons (Fsp3) is 0.600. The summed E-state index contributed by atoms with van der Waals surface area (Å²) in [6.07, 6.45) is 1.96. The molecule has 1 heterocycles. The van der Waals surface area contributed by atoms with Gasteiger partial charge in [0.25, 0.3) is 0 Å². The van der Waals surface area contributed by atoms with Crippen LogP contribution in [-0.4, -0.2) is 75.1 Å². The fourth-order valence-electron chi connectivity index (χ4n) is 3.09. The molecule has 0 saturated carbocycles. The van der Waals surface area contributed by atoms with Crippen molar-refractivity contribution in [2.24, 2.45) is 4.99 Å². The van der Waals surface area contributed by atoms with Gasteiger partial charge in [-0.15, -0.1) is 0 Å². The number of guanidine groups is 1. The molecule has 0 spiro atoms. The molecule has 28 heavy (non-hydrogen) atoms. The molecule has 156 valence electrons. The van der Waals surface area contributed by atoms with E-state index < -0.39 is 0 Å². The first-order chi connectivity index (χ1) is 13.4. The lowest BCUT2D eigenvalue weighted by molar-refractivity contribution is -0.130. The van der Waals surface area contributed by atoms with Gasteiger partial charge in [-0.2, -0.15) is 0 Å². The van der Waals surface area contributed by atoms with Crippen molar-refractivity contribution >= 4 is 23.5 Å². The third-order valence-corrected chi connectivity index (χ3v) is 5.02. The number of ether oxygens (including phenoxy) is 1. The Morgan fingerprint density at radius 2 is 2.07 bits per heavy atom. The van der Waals surface area contributed by atoms with Gasteiger partial charge in [-0.1, -0.05) is 17.7 Å².